The van der Waals surface area contributed by atoms with Crippen LogP contribution in [0.4, 0.5) is 0 Å². The zero-order valence-corrected chi connectivity index (χ0v) is 23.4. The minimum Gasteiger partial charge on any atom is -0.493 e. The maximum Gasteiger partial charge on any atom is 0.347 e. The van der Waals surface area contributed by atoms with E-state index < -0.39 is 11.6 Å². The molecule has 0 aliphatic rings. The number of hydrogen-bond acceptors (Lipinski definition) is 4. The minimum absolute atomic E-state index is 0.213. The lowest BCUT2D eigenvalue weighted by Crippen LogP contribution is -2.37. The summed E-state index contributed by atoms with van der Waals surface area (Å²) in [5.74, 6) is -0.159. The summed E-state index contributed by atoms with van der Waals surface area (Å²) >= 11 is 6.12. The van der Waals surface area contributed by atoms with Crippen LogP contribution in [0.15, 0.2) is 54.6 Å². The highest BCUT2D eigenvalue weighted by Gasteiger charge is 2.29. The van der Waals surface area contributed by atoms with E-state index in [9.17, 15) is 14.7 Å². The highest BCUT2D eigenvalue weighted by atomic mass is 35.5. The second kappa shape index (κ2) is 12.8. The molecule has 0 saturated heterocycles. The molecule has 0 aromatic heterocycles. The Morgan fingerprint density at radius 2 is 1.66 bits per heavy atom. The van der Waals surface area contributed by atoms with E-state index in [4.69, 9.17) is 21.1 Å². The van der Waals surface area contributed by atoms with Gasteiger partial charge in [-0.2, -0.15) is 0 Å². The van der Waals surface area contributed by atoms with Crippen molar-refractivity contribution in [2.24, 2.45) is 0 Å². The van der Waals surface area contributed by atoms with Gasteiger partial charge in [0.25, 0.3) is 5.91 Å². The van der Waals surface area contributed by atoms with Crippen LogP contribution in [-0.2, 0) is 11.2 Å². The Kier molecular flexibility index (Phi) is 9.81. The van der Waals surface area contributed by atoms with Gasteiger partial charge >= 0.3 is 5.97 Å². The zero-order valence-electron chi connectivity index (χ0n) is 22.7. The van der Waals surface area contributed by atoms with Crippen LogP contribution < -0.4 is 14.8 Å². The van der Waals surface area contributed by atoms with Crippen LogP contribution in [-0.4, -0.2) is 35.7 Å². The van der Waals surface area contributed by atoms with E-state index in [-0.39, 0.29) is 5.91 Å². The number of hydrogen-bond donors (Lipinski definition) is 2. The molecule has 6 nitrogen and oxygen atoms in total. The molecule has 0 bridgehead atoms. The number of halogens is 1. The molecule has 2 N–H and O–H groups in total. The maximum absolute atomic E-state index is 12.8. The Hall–Kier alpha value is -3.51. The van der Waals surface area contributed by atoms with E-state index in [1.54, 1.807) is 18.2 Å². The first kappa shape index (κ1) is 29.1. The van der Waals surface area contributed by atoms with E-state index in [0.29, 0.717) is 41.7 Å². The van der Waals surface area contributed by atoms with Crippen molar-refractivity contribution in [1.29, 1.82) is 0 Å². The first-order valence-corrected chi connectivity index (χ1v) is 13.2. The van der Waals surface area contributed by atoms with Crippen molar-refractivity contribution in [1.82, 2.24) is 5.32 Å². The Morgan fingerprint density at radius 3 is 2.26 bits per heavy atom. The molecule has 0 radical (unpaired) electrons. The fourth-order valence-corrected chi connectivity index (χ4v) is 4.33. The SMILES string of the molecule is CCCCOc1ccc(Cl)cc1C(=O)NCCc1ccc(-c2c(C)cc(OC(C)(C)C(=O)O)cc2C)cc1. The first-order chi connectivity index (χ1) is 18.0. The first-order valence-electron chi connectivity index (χ1n) is 12.9. The number of carboxylic acids is 1. The summed E-state index contributed by atoms with van der Waals surface area (Å²) in [4.78, 5) is 24.2. The van der Waals surface area contributed by atoms with E-state index >= 15 is 0 Å². The lowest BCUT2D eigenvalue weighted by atomic mass is 9.94. The summed E-state index contributed by atoms with van der Waals surface area (Å²) in [6.45, 7) is 10.2. The standard InChI is InChI=1S/C31H36ClNO5/c1-6-7-16-37-27-13-12-24(32)19-26(27)29(34)33-15-14-22-8-10-23(11-9-22)28-20(2)17-25(18-21(28)3)38-31(4,5)30(35)36/h8-13,17-19H,6-7,14-16H2,1-5H3,(H,33,34)(H,35,36). The van der Waals surface area contributed by atoms with Crippen LogP contribution in [0.2, 0.25) is 5.02 Å². The molecule has 0 aliphatic heterocycles. The molecular weight excluding hydrogens is 502 g/mol. The molecule has 0 heterocycles. The molecule has 1 amide bonds. The van der Waals surface area contributed by atoms with Crippen molar-refractivity contribution in [3.8, 4) is 22.6 Å². The van der Waals surface area contributed by atoms with Crippen molar-refractivity contribution in [3.05, 3.63) is 81.9 Å². The Balaban J connectivity index is 1.64. The number of benzene rings is 3. The molecule has 0 atom stereocenters. The van der Waals surface area contributed by atoms with Crippen molar-refractivity contribution in [3.63, 3.8) is 0 Å². The number of carbonyl (C=O) groups excluding carboxylic acids is 1. The second-order valence-electron chi connectivity index (χ2n) is 9.89. The van der Waals surface area contributed by atoms with Gasteiger partial charge in [-0.15, -0.1) is 0 Å². The normalized spacial score (nSPS) is 11.2. The number of unbranched alkanes of at least 4 members (excludes halogenated alkanes) is 1. The van der Waals surface area contributed by atoms with Crippen LogP contribution in [0.3, 0.4) is 0 Å². The van der Waals surface area contributed by atoms with Gasteiger partial charge in [-0.05, 0) is 98.7 Å². The number of nitrogens with one attached hydrogen (secondary N) is 1. The van der Waals surface area contributed by atoms with Gasteiger partial charge in [0, 0.05) is 11.6 Å². The van der Waals surface area contributed by atoms with Gasteiger partial charge in [0.15, 0.2) is 5.60 Å². The molecule has 3 aromatic rings. The molecule has 0 aliphatic carbocycles. The molecule has 3 aromatic carbocycles. The largest absolute Gasteiger partial charge is 0.493 e. The minimum atomic E-state index is -1.31. The number of aryl methyl sites for hydroxylation is 2. The van der Waals surface area contributed by atoms with Crippen molar-refractivity contribution < 1.29 is 24.2 Å². The van der Waals surface area contributed by atoms with Gasteiger partial charge in [0.2, 0.25) is 0 Å². The molecule has 38 heavy (non-hydrogen) atoms. The van der Waals surface area contributed by atoms with Crippen LogP contribution in [0, 0.1) is 13.8 Å². The van der Waals surface area contributed by atoms with Gasteiger partial charge in [-0.25, -0.2) is 4.79 Å². The number of rotatable bonds is 12. The summed E-state index contributed by atoms with van der Waals surface area (Å²) < 4.78 is 11.5. The lowest BCUT2D eigenvalue weighted by molar-refractivity contribution is -0.152. The van der Waals surface area contributed by atoms with E-state index in [1.807, 2.05) is 26.0 Å². The average Bonchev–Trinajstić information content (AvgIpc) is 2.85. The quantitative estimate of drug-likeness (QED) is 0.242. The van der Waals surface area contributed by atoms with Gasteiger partial charge in [-0.1, -0.05) is 49.2 Å². The smallest absolute Gasteiger partial charge is 0.347 e. The predicted molar refractivity (Wildman–Crippen MR) is 152 cm³/mol. The fraction of sp³-hybridized carbons (Fsp3) is 0.355. The van der Waals surface area contributed by atoms with Crippen molar-refractivity contribution >= 4 is 23.5 Å². The van der Waals surface area contributed by atoms with Crippen molar-refractivity contribution in [2.45, 2.75) is 59.5 Å². The molecule has 0 fully saturated rings. The van der Waals surface area contributed by atoms with Gasteiger partial charge in [-0.3, -0.25) is 4.79 Å². The fourth-order valence-electron chi connectivity index (χ4n) is 4.16. The summed E-state index contributed by atoms with van der Waals surface area (Å²) in [5.41, 5.74) is 4.37. The average molecular weight is 538 g/mol. The Labute approximate surface area is 229 Å². The lowest BCUT2D eigenvalue weighted by Gasteiger charge is -2.23. The summed E-state index contributed by atoms with van der Waals surface area (Å²) in [6, 6.07) is 17.1. The molecule has 202 valence electrons. The van der Waals surface area contributed by atoms with Gasteiger partial charge in [0.1, 0.15) is 11.5 Å². The van der Waals surface area contributed by atoms with E-state index in [2.05, 4.69) is 36.5 Å². The highest BCUT2D eigenvalue weighted by Crippen LogP contribution is 2.32. The topological polar surface area (TPSA) is 84.9 Å². The number of ether oxygens (including phenoxy) is 2. The van der Waals surface area contributed by atoms with Crippen LogP contribution in [0.25, 0.3) is 11.1 Å². The third kappa shape index (κ3) is 7.51. The number of aliphatic carboxylic acids is 1. The second-order valence-corrected chi connectivity index (χ2v) is 10.3. The van der Waals surface area contributed by atoms with Crippen LogP contribution in [0.5, 0.6) is 11.5 Å². The molecule has 3 rings (SSSR count). The Bertz CT molecular complexity index is 1260. The Morgan fingerprint density at radius 1 is 1.00 bits per heavy atom. The third-order valence-electron chi connectivity index (χ3n) is 6.28. The van der Waals surface area contributed by atoms with Crippen LogP contribution >= 0.6 is 11.6 Å². The molecule has 0 saturated carbocycles. The number of carbonyl (C=O) groups is 2. The number of amides is 1. The summed E-state index contributed by atoms with van der Waals surface area (Å²) in [7, 11) is 0. The van der Waals surface area contributed by atoms with E-state index in [1.165, 1.54) is 13.8 Å². The molecule has 7 heteroatoms. The van der Waals surface area contributed by atoms with E-state index in [0.717, 1.165) is 40.7 Å². The molecular formula is C31H36ClNO5. The van der Waals surface area contributed by atoms with Crippen molar-refractivity contribution in [2.75, 3.05) is 13.2 Å². The van der Waals surface area contributed by atoms with Gasteiger partial charge in [0.05, 0.1) is 12.2 Å². The predicted octanol–water partition coefficient (Wildman–Crippen LogP) is 7.02. The maximum atomic E-state index is 12.8. The van der Waals surface area contributed by atoms with Crippen LogP contribution in [0.1, 0.15) is 60.7 Å². The highest BCUT2D eigenvalue weighted by molar-refractivity contribution is 6.31. The summed E-state index contributed by atoms with van der Waals surface area (Å²) in [6.07, 6.45) is 2.60. The van der Waals surface area contributed by atoms with Gasteiger partial charge < -0.3 is 19.9 Å². The summed E-state index contributed by atoms with van der Waals surface area (Å²) in [5, 5.41) is 12.8. The molecule has 0 unspecified atom stereocenters. The zero-order chi connectivity index (χ0) is 27.9. The number of carboxylic acid groups (broad SMARTS) is 1. The third-order valence-corrected chi connectivity index (χ3v) is 6.51. The monoisotopic (exact) mass is 537 g/mol. The molecule has 0 spiro atoms.